The zero-order valence-corrected chi connectivity index (χ0v) is 8.30. The number of esters is 1. The fourth-order valence-corrected chi connectivity index (χ4v) is 0.959. The largest absolute Gasteiger partial charge is 0.508 e. The Balaban J connectivity index is 2.50. The number of carbonyl (C=O) groups is 2. The number of carbonyl (C=O) groups excluding carboxylic acids is 2. The molecule has 0 radical (unpaired) electrons. The molecule has 0 amide bonds. The molecule has 0 atom stereocenters. The second kappa shape index (κ2) is 4.18. The minimum absolute atomic E-state index is 0.359. The first-order chi connectivity index (χ1) is 7.23. The van der Waals surface area contributed by atoms with Gasteiger partial charge in [-0.3, -0.25) is 4.79 Å². The molecule has 5 nitrogen and oxygen atoms in total. The lowest BCUT2D eigenvalue weighted by Crippen LogP contribution is -2.44. The molecule has 1 saturated heterocycles. The molecule has 0 N–H and O–H groups in total. The van der Waals surface area contributed by atoms with Crippen LogP contribution in [0.5, 0.6) is 0 Å². The minimum atomic E-state index is -4.59. The quantitative estimate of drug-likeness (QED) is 0.682. The van der Waals surface area contributed by atoms with Crippen LogP contribution in [0.3, 0.4) is 0 Å². The molecule has 92 valence electrons. The van der Waals surface area contributed by atoms with E-state index in [2.05, 4.69) is 14.2 Å². The highest BCUT2D eigenvalue weighted by atomic mass is 19.4. The van der Waals surface area contributed by atoms with Crippen LogP contribution in [0.4, 0.5) is 18.0 Å². The number of halogens is 3. The smallest absolute Gasteiger partial charge is 0.455 e. The van der Waals surface area contributed by atoms with Gasteiger partial charge in [0.2, 0.25) is 0 Å². The number of ether oxygens (including phenoxy) is 3. The van der Waals surface area contributed by atoms with E-state index in [0.29, 0.717) is 0 Å². The van der Waals surface area contributed by atoms with Crippen LogP contribution in [0.15, 0.2) is 0 Å². The fraction of sp³-hybridized carbons (Fsp3) is 0.750. The lowest BCUT2D eigenvalue weighted by Gasteiger charge is -2.29. The summed E-state index contributed by atoms with van der Waals surface area (Å²) in [7, 11) is 0. The Morgan fingerprint density at radius 2 is 1.94 bits per heavy atom. The number of alkyl halides is 3. The zero-order valence-electron chi connectivity index (χ0n) is 8.30. The van der Waals surface area contributed by atoms with Gasteiger partial charge in [0.1, 0.15) is 18.6 Å². The third-order valence-corrected chi connectivity index (χ3v) is 1.88. The Kier molecular flexibility index (Phi) is 3.30. The number of cyclic esters (lactones) is 2. The van der Waals surface area contributed by atoms with E-state index in [1.807, 2.05) is 0 Å². The van der Waals surface area contributed by atoms with E-state index in [-0.39, 0.29) is 13.2 Å². The lowest BCUT2D eigenvalue weighted by atomic mass is 9.93. The van der Waals surface area contributed by atoms with Crippen molar-refractivity contribution in [1.82, 2.24) is 0 Å². The van der Waals surface area contributed by atoms with Gasteiger partial charge in [-0.05, 0) is 6.92 Å². The van der Waals surface area contributed by atoms with Crippen molar-refractivity contribution in [3.8, 4) is 0 Å². The zero-order chi connectivity index (χ0) is 12.4. The van der Waals surface area contributed by atoms with Crippen LogP contribution in [0.1, 0.15) is 6.92 Å². The van der Waals surface area contributed by atoms with Gasteiger partial charge in [-0.15, -0.1) is 0 Å². The summed E-state index contributed by atoms with van der Waals surface area (Å²) >= 11 is 0. The van der Waals surface area contributed by atoms with Gasteiger partial charge in [0.25, 0.3) is 0 Å². The first-order valence-corrected chi connectivity index (χ1v) is 4.26. The molecule has 0 saturated carbocycles. The number of rotatable bonds is 2. The van der Waals surface area contributed by atoms with Crippen molar-refractivity contribution in [2.45, 2.75) is 13.1 Å². The summed E-state index contributed by atoms with van der Waals surface area (Å²) in [5.74, 6) is -1.11. The van der Waals surface area contributed by atoms with Gasteiger partial charge in [-0.1, -0.05) is 0 Å². The topological polar surface area (TPSA) is 61.8 Å². The third kappa shape index (κ3) is 3.28. The molecule has 8 heteroatoms. The van der Waals surface area contributed by atoms with Gasteiger partial charge >= 0.3 is 18.3 Å². The molecule has 1 fully saturated rings. The summed E-state index contributed by atoms with van der Waals surface area (Å²) in [5.41, 5.74) is -1.39. The van der Waals surface area contributed by atoms with Gasteiger partial charge in [-0.25, -0.2) is 4.79 Å². The Morgan fingerprint density at radius 1 is 1.44 bits per heavy atom. The van der Waals surface area contributed by atoms with Crippen molar-refractivity contribution in [3.63, 3.8) is 0 Å². The lowest BCUT2D eigenvalue weighted by molar-refractivity contribution is -0.199. The third-order valence-electron chi connectivity index (χ3n) is 1.88. The van der Waals surface area contributed by atoms with E-state index in [9.17, 15) is 22.8 Å². The van der Waals surface area contributed by atoms with Gasteiger partial charge in [0, 0.05) is 0 Å². The van der Waals surface area contributed by atoms with E-state index in [1.54, 1.807) is 0 Å². The highest BCUT2D eigenvalue weighted by Crippen LogP contribution is 2.25. The fourth-order valence-electron chi connectivity index (χ4n) is 0.959. The number of hydrogen-bond donors (Lipinski definition) is 0. The molecule has 1 heterocycles. The van der Waals surface area contributed by atoms with Crippen molar-refractivity contribution < 1.29 is 37.0 Å². The van der Waals surface area contributed by atoms with Gasteiger partial charge in [0.05, 0.1) is 0 Å². The first-order valence-electron chi connectivity index (χ1n) is 4.26. The van der Waals surface area contributed by atoms with Crippen molar-refractivity contribution in [1.29, 1.82) is 0 Å². The average Bonchev–Trinajstić information content (AvgIpc) is 2.18. The molecular weight excluding hydrogens is 233 g/mol. The minimum Gasteiger partial charge on any atom is -0.455 e. The molecule has 0 unspecified atom stereocenters. The maximum absolute atomic E-state index is 11.8. The molecule has 0 spiro atoms. The normalized spacial score (nSPS) is 19.6. The Morgan fingerprint density at radius 3 is 2.38 bits per heavy atom. The summed E-state index contributed by atoms with van der Waals surface area (Å²) in [6.07, 6.45) is -5.54. The summed E-state index contributed by atoms with van der Waals surface area (Å²) in [5, 5.41) is 0. The second-order valence-corrected chi connectivity index (χ2v) is 3.58. The van der Waals surface area contributed by atoms with Gasteiger partial charge < -0.3 is 14.2 Å². The second-order valence-electron chi connectivity index (χ2n) is 3.58. The van der Waals surface area contributed by atoms with Crippen LogP contribution < -0.4 is 0 Å². The SMILES string of the molecule is CC1(C(=O)OCC(F)(F)F)COC(=O)OC1. The van der Waals surface area contributed by atoms with Crippen molar-refractivity contribution in [2.75, 3.05) is 19.8 Å². The van der Waals surface area contributed by atoms with Crippen LogP contribution in [-0.4, -0.2) is 38.1 Å². The van der Waals surface area contributed by atoms with E-state index >= 15 is 0 Å². The van der Waals surface area contributed by atoms with Crippen LogP contribution in [0.25, 0.3) is 0 Å². The number of hydrogen-bond acceptors (Lipinski definition) is 5. The molecule has 1 rings (SSSR count). The standard InChI is InChI=1S/C8H9F3O5/c1-7(2-15-6(13)16-3-7)5(12)14-4-8(9,10)11/h2-4H2,1H3. The molecule has 0 aromatic rings. The van der Waals surface area contributed by atoms with Crippen molar-refractivity contribution in [3.05, 3.63) is 0 Å². The molecule has 16 heavy (non-hydrogen) atoms. The summed E-state index contributed by atoms with van der Waals surface area (Å²) in [6.45, 7) is -1.10. The van der Waals surface area contributed by atoms with Crippen molar-refractivity contribution >= 4 is 12.1 Å². The molecule has 1 aliphatic rings. The monoisotopic (exact) mass is 242 g/mol. The molecule has 1 aliphatic heterocycles. The van der Waals surface area contributed by atoms with Gasteiger partial charge in [0.15, 0.2) is 6.61 Å². The Labute approximate surface area is 88.4 Å². The molecule has 0 bridgehead atoms. The van der Waals surface area contributed by atoms with E-state index in [4.69, 9.17) is 0 Å². The highest BCUT2D eigenvalue weighted by Gasteiger charge is 2.43. The summed E-state index contributed by atoms with van der Waals surface area (Å²) < 4.78 is 48.2. The first kappa shape index (κ1) is 12.6. The Bertz CT molecular complexity index is 289. The highest BCUT2D eigenvalue weighted by molar-refractivity contribution is 5.78. The summed E-state index contributed by atoms with van der Waals surface area (Å²) in [4.78, 5) is 21.8. The van der Waals surface area contributed by atoms with Crippen LogP contribution in [0, 0.1) is 5.41 Å². The van der Waals surface area contributed by atoms with Crippen LogP contribution >= 0.6 is 0 Å². The van der Waals surface area contributed by atoms with E-state index in [0.717, 1.165) is 0 Å². The predicted octanol–water partition coefficient (Wildman–Crippen LogP) is 1.27. The maximum Gasteiger partial charge on any atom is 0.508 e. The predicted molar refractivity (Wildman–Crippen MR) is 42.4 cm³/mol. The molecular formula is C8H9F3O5. The van der Waals surface area contributed by atoms with E-state index in [1.165, 1.54) is 6.92 Å². The van der Waals surface area contributed by atoms with Crippen LogP contribution in [-0.2, 0) is 19.0 Å². The van der Waals surface area contributed by atoms with Crippen LogP contribution in [0.2, 0.25) is 0 Å². The average molecular weight is 242 g/mol. The molecule has 0 aromatic heterocycles. The molecule has 0 aliphatic carbocycles. The maximum atomic E-state index is 11.8. The van der Waals surface area contributed by atoms with E-state index < -0.39 is 30.3 Å². The van der Waals surface area contributed by atoms with Crippen molar-refractivity contribution in [2.24, 2.45) is 5.41 Å². The van der Waals surface area contributed by atoms with Gasteiger partial charge in [-0.2, -0.15) is 13.2 Å². The molecule has 0 aromatic carbocycles. The summed E-state index contributed by atoms with van der Waals surface area (Å²) in [6, 6.07) is 0. The Hall–Kier alpha value is -1.47.